The number of halogens is 3. The number of ether oxygens (including phenoxy) is 1. The number of benzene rings is 3. The van der Waals surface area contributed by atoms with Crippen LogP contribution in [0.4, 0.5) is 5.69 Å². The zero-order chi connectivity index (χ0) is 23.7. The molecular formula is C23H16BrCl2N3O3S. The number of hydrogen-bond donors (Lipinski definition) is 2. The molecular weight excluding hydrogens is 549 g/mol. The lowest BCUT2D eigenvalue weighted by Crippen LogP contribution is -2.34. The Hall–Kier alpha value is -2.65. The highest BCUT2D eigenvalue weighted by molar-refractivity contribution is 9.10. The lowest BCUT2D eigenvalue weighted by Gasteiger charge is -2.14. The molecule has 10 heteroatoms. The van der Waals surface area contributed by atoms with Gasteiger partial charge in [0.1, 0.15) is 11.3 Å². The van der Waals surface area contributed by atoms with Crippen molar-refractivity contribution in [3.05, 3.63) is 74.2 Å². The number of aryl methyl sites for hydroxylation is 1. The van der Waals surface area contributed by atoms with Crippen molar-refractivity contribution in [1.29, 1.82) is 0 Å². The van der Waals surface area contributed by atoms with Crippen LogP contribution in [0.15, 0.2) is 57.4 Å². The lowest BCUT2D eigenvalue weighted by atomic mass is 10.1. The molecule has 2 N–H and O–H groups in total. The molecule has 0 bridgehead atoms. The Labute approximate surface area is 213 Å². The number of amides is 1. The Morgan fingerprint density at radius 2 is 1.88 bits per heavy atom. The smallest absolute Gasteiger partial charge is 0.261 e. The Kier molecular flexibility index (Phi) is 6.90. The first-order chi connectivity index (χ1) is 15.7. The van der Waals surface area contributed by atoms with Gasteiger partial charge in [0.15, 0.2) is 10.7 Å². The third-order valence-corrected chi connectivity index (χ3v) is 5.88. The average molecular weight is 565 g/mol. The third-order valence-electron chi connectivity index (χ3n) is 4.71. The van der Waals surface area contributed by atoms with E-state index in [1.165, 1.54) is 7.11 Å². The fourth-order valence-corrected chi connectivity index (χ4v) is 4.59. The molecule has 4 aromatic rings. The van der Waals surface area contributed by atoms with Crippen molar-refractivity contribution in [2.45, 2.75) is 6.92 Å². The molecule has 0 aliphatic heterocycles. The summed E-state index contributed by atoms with van der Waals surface area (Å²) in [5.74, 6) is 0.517. The van der Waals surface area contributed by atoms with Crippen LogP contribution in [-0.4, -0.2) is 23.1 Å². The molecule has 6 nitrogen and oxygen atoms in total. The number of rotatable bonds is 4. The summed E-state index contributed by atoms with van der Waals surface area (Å²) in [5, 5.41) is 6.69. The maximum Gasteiger partial charge on any atom is 0.261 e. The van der Waals surface area contributed by atoms with Crippen molar-refractivity contribution in [3.63, 3.8) is 0 Å². The summed E-state index contributed by atoms with van der Waals surface area (Å²) in [5.41, 5.74) is 3.67. The Morgan fingerprint density at radius 1 is 1.15 bits per heavy atom. The summed E-state index contributed by atoms with van der Waals surface area (Å²) in [7, 11) is 1.52. The van der Waals surface area contributed by atoms with Crippen LogP contribution in [0.5, 0.6) is 5.75 Å². The molecule has 0 unspecified atom stereocenters. The molecule has 0 spiro atoms. The SMILES string of the molecule is COc1c(C)cc(Br)cc1C(=O)NC(=S)Nc1ccc(-c2nc3cc(Cl)cc(Cl)c3o2)cc1. The summed E-state index contributed by atoms with van der Waals surface area (Å²) >= 11 is 20.9. The predicted molar refractivity (Wildman–Crippen MR) is 139 cm³/mol. The van der Waals surface area contributed by atoms with Crippen LogP contribution in [0.3, 0.4) is 0 Å². The molecule has 33 heavy (non-hydrogen) atoms. The van der Waals surface area contributed by atoms with Gasteiger partial charge in [0.25, 0.3) is 5.91 Å². The van der Waals surface area contributed by atoms with Crippen LogP contribution < -0.4 is 15.4 Å². The standard InChI is InChI=1S/C23H16BrCl2N3O3S/c1-11-7-13(24)8-16(19(11)31-2)21(30)29-23(33)27-15-5-3-12(4-6-15)22-28-18-10-14(25)9-17(26)20(18)32-22/h3-10H,1-2H3,(H2,27,29,30,33). The molecule has 0 aliphatic carbocycles. The molecule has 1 aromatic heterocycles. The van der Waals surface area contributed by atoms with Gasteiger partial charge in [-0.25, -0.2) is 4.98 Å². The van der Waals surface area contributed by atoms with Crippen molar-refractivity contribution in [2.24, 2.45) is 0 Å². The first kappa shape index (κ1) is 23.5. The van der Waals surface area contributed by atoms with Gasteiger partial charge in [-0.2, -0.15) is 0 Å². The molecule has 0 saturated carbocycles. The van der Waals surface area contributed by atoms with Gasteiger partial charge in [0, 0.05) is 20.7 Å². The molecule has 1 heterocycles. The van der Waals surface area contributed by atoms with Gasteiger partial charge in [0.05, 0.1) is 17.7 Å². The molecule has 0 fully saturated rings. The predicted octanol–water partition coefficient (Wildman–Crippen LogP) is 7.01. The molecule has 0 aliphatic rings. The van der Waals surface area contributed by atoms with Crippen molar-refractivity contribution < 1.29 is 13.9 Å². The van der Waals surface area contributed by atoms with E-state index in [9.17, 15) is 4.79 Å². The minimum atomic E-state index is -0.382. The largest absolute Gasteiger partial charge is 0.496 e. The molecule has 0 radical (unpaired) electrons. The quantitative estimate of drug-likeness (QED) is 0.260. The van der Waals surface area contributed by atoms with Gasteiger partial charge in [-0.15, -0.1) is 0 Å². The number of nitrogens with one attached hydrogen (secondary N) is 2. The fraction of sp³-hybridized carbons (Fsp3) is 0.0870. The van der Waals surface area contributed by atoms with Gasteiger partial charge >= 0.3 is 0 Å². The number of nitrogens with zero attached hydrogens (tertiary/aromatic N) is 1. The minimum Gasteiger partial charge on any atom is -0.496 e. The Morgan fingerprint density at radius 3 is 2.58 bits per heavy atom. The fourth-order valence-electron chi connectivity index (χ4n) is 3.28. The maximum atomic E-state index is 12.7. The van der Waals surface area contributed by atoms with Crippen molar-refractivity contribution in [3.8, 4) is 17.2 Å². The first-order valence-electron chi connectivity index (χ1n) is 9.57. The van der Waals surface area contributed by atoms with Gasteiger partial charge in [-0.3, -0.25) is 10.1 Å². The zero-order valence-electron chi connectivity index (χ0n) is 17.3. The van der Waals surface area contributed by atoms with E-state index in [2.05, 4.69) is 31.5 Å². The van der Waals surface area contributed by atoms with Crippen molar-refractivity contribution >= 4 is 79.2 Å². The van der Waals surface area contributed by atoms with E-state index in [4.69, 9.17) is 44.6 Å². The highest BCUT2D eigenvalue weighted by atomic mass is 79.9. The van der Waals surface area contributed by atoms with Crippen LogP contribution >= 0.6 is 51.3 Å². The number of hydrogen-bond acceptors (Lipinski definition) is 5. The molecule has 4 rings (SSSR count). The Bertz CT molecular complexity index is 1390. The number of anilines is 1. The number of fused-ring (bicyclic) bond motifs is 1. The highest BCUT2D eigenvalue weighted by Gasteiger charge is 2.17. The number of carbonyl (C=O) groups is 1. The van der Waals surface area contributed by atoms with Crippen LogP contribution in [-0.2, 0) is 0 Å². The van der Waals surface area contributed by atoms with Crippen molar-refractivity contribution in [1.82, 2.24) is 10.3 Å². The average Bonchev–Trinajstić information content (AvgIpc) is 3.18. The summed E-state index contributed by atoms with van der Waals surface area (Å²) < 4.78 is 11.9. The van der Waals surface area contributed by atoms with E-state index in [1.54, 1.807) is 30.3 Å². The molecule has 0 atom stereocenters. The van der Waals surface area contributed by atoms with E-state index < -0.39 is 0 Å². The number of oxazole rings is 1. The summed E-state index contributed by atoms with van der Waals surface area (Å²) in [6.45, 7) is 1.86. The highest BCUT2D eigenvalue weighted by Crippen LogP contribution is 2.32. The molecule has 1 amide bonds. The number of carbonyl (C=O) groups excluding carboxylic acids is 1. The van der Waals surface area contributed by atoms with E-state index in [0.717, 1.165) is 15.6 Å². The number of aromatic nitrogens is 1. The molecule has 0 saturated heterocycles. The second-order valence-electron chi connectivity index (χ2n) is 7.04. The van der Waals surface area contributed by atoms with E-state index >= 15 is 0 Å². The van der Waals surface area contributed by atoms with Crippen LogP contribution in [0.2, 0.25) is 10.0 Å². The van der Waals surface area contributed by atoms with Crippen LogP contribution in [0.25, 0.3) is 22.6 Å². The lowest BCUT2D eigenvalue weighted by molar-refractivity contribution is 0.0974. The van der Waals surface area contributed by atoms with Gasteiger partial charge in [-0.1, -0.05) is 39.1 Å². The summed E-state index contributed by atoms with van der Waals surface area (Å²) in [6.07, 6.45) is 0. The second kappa shape index (κ2) is 9.69. The number of thiocarbonyl (C=S) groups is 1. The topological polar surface area (TPSA) is 76.4 Å². The third kappa shape index (κ3) is 5.14. The zero-order valence-corrected chi connectivity index (χ0v) is 21.2. The first-order valence-corrected chi connectivity index (χ1v) is 11.5. The van der Waals surface area contributed by atoms with E-state index in [-0.39, 0.29) is 11.0 Å². The minimum absolute atomic E-state index is 0.149. The molecule has 3 aromatic carbocycles. The number of methoxy groups -OCH3 is 1. The van der Waals surface area contributed by atoms with E-state index in [1.807, 2.05) is 25.1 Å². The second-order valence-corrected chi connectivity index (χ2v) is 9.21. The van der Waals surface area contributed by atoms with Crippen LogP contribution in [0, 0.1) is 6.92 Å². The van der Waals surface area contributed by atoms with Crippen molar-refractivity contribution in [2.75, 3.05) is 12.4 Å². The van der Waals surface area contributed by atoms with Crippen LogP contribution in [0.1, 0.15) is 15.9 Å². The maximum absolute atomic E-state index is 12.7. The normalized spacial score (nSPS) is 10.8. The Balaban J connectivity index is 1.47. The van der Waals surface area contributed by atoms with Gasteiger partial charge in [-0.05, 0) is 73.2 Å². The van der Waals surface area contributed by atoms with E-state index in [0.29, 0.717) is 44.0 Å². The van der Waals surface area contributed by atoms with Gasteiger partial charge < -0.3 is 14.5 Å². The van der Waals surface area contributed by atoms with Gasteiger partial charge in [0.2, 0.25) is 5.89 Å². The monoisotopic (exact) mass is 563 g/mol. The summed E-state index contributed by atoms with van der Waals surface area (Å²) in [4.78, 5) is 17.2. The summed E-state index contributed by atoms with van der Waals surface area (Å²) in [6, 6.07) is 14.1. The molecule has 168 valence electrons.